The molecule has 1 rings (SSSR count). The highest BCUT2D eigenvalue weighted by molar-refractivity contribution is 7.80. The lowest BCUT2D eigenvalue weighted by molar-refractivity contribution is -0.142. The monoisotopic (exact) mass is 371 g/mol. The molecule has 5 N–H and O–H groups in total. The first-order valence-electron chi connectivity index (χ1n) is 7.43. The SMILES string of the molecule is CC(=O)N[C@@H](CS)C(=O)NC(C)C(=O)NC(Cc1cnc[nH]1)C(=O)O. The van der Waals surface area contributed by atoms with Crippen molar-refractivity contribution in [2.45, 2.75) is 38.4 Å². The Labute approximate surface area is 149 Å². The molecule has 0 saturated carbocycles. The number of nitrogens with one attached hydrogen (secondary N) is 4. The molecule has 0 bridgehead atoms. The fourth-order valence-electron chi connectivity index (χ4n) is 1.93. The number of amides is 3. The van der Waals surface area contributed by atoms with Crippen LogP contribution in [0.2, 0.25) is 0 Å². The number of H-pyrrole nitrogens is 1. The van der Waals surface area contributed by atoms with Gasteiger partial charge in [-0.25, -0.2) is 9.78 Å². The van der Waals surface area contributed by atoms with E-state index in [0.29, 0.717) is 5.69 Å². The number of aromatic nitrogens is 2. The second-order valence-electron chi connectivity index (χ2n) is 5.35. The van der Waals surface area contributed by atoms with Crippen molar-refractivity contribution in [1.29, 1.82) is 0 Å². The molecule has 3 amide bonds. The summed E-state index contributed by atoms with van der Waals surface area (Å²) in [5.74, 6) is -2.82. The molecular formula is C14H21N5O5S. The van der Waals surface area contributed by atoms with Crippen LogP contribution in [0.15, 0.2) is 12.5 Å². The van der Waals surface area contributed by atoms with Gasteiger partial charge in [0.15, 0.2) is 0 Å². The molecule has 0 aliphatic rings. The number of nitrogens with zero attached hydrogens (tertiary/aromatic N) is 1. The fraction of sp³-hybridized carbons (Fsp3) is 0.500. The maximum atomic E-state index is 12.1. The predicted octanol–water partition coefficient (Wildman–Crippen LogP) is -1.54. The highest BCUT2D eigenvalue weighted by Crippen LogP contribution is 2.00. The van der Waals surface area contributed by atoms with Crippen LogP contribution in [0.3, 0.4) is 0 Å². The lowest BCUT2D eigenvalue weighted by atomic mass is 10.1. The molecular weight excluding hydrogens is 350 g/mol. The van der Waals surface area contributed by atoms with E-state index in [1.54, 1.807) is 0 Å². The molecule has 1 aromatic rings. The van der Waals surface area contributed by atoms with Crippen molar-refractivity contribution in [3.05, 3.63) is 18.2 Å². The molecule has 0 spiro atoms. The Hall–Kier alpha value is -2.56. The molecule has 3 atom stereocenters. The zero-order valence-electron chi connectivity index (χ0n) is 13.8. The van der Waals surface area contributed by atoms with Crippen molar-refractivity contribution in [1.82, 2.24) is 25.9 Å². The van der Waals surface area contributed by atoms with Crippen molar-refractivity contribution in [2.24, 2.45) is 0 Å². The van der Waals surface area contributed by atoms with Gasteiger partial charge in [-0.1, -0.05) is 0 Å². The Morgan fingerprint density at radius 2 is 1.88 bits per heavy atom. The highest BCUT2D eigenvalue weighted by Gasteiger charge is 2.26. The van der Waals surface area contributed by atoms with Gasteiger partial charge in [-0.05, 0) is 6.92 Å². The first-order valence-corrected chi connectivity index (χ1v) is 8.06. The van der Waals surface area contributed by atoms with Gasteiger partial charge >= 0.3 is 5.97 Å². The molecule has 0 aliphatic heterocycles. The number of thiol groups is 1. The Balaban J connectivity index is 2.62. The van der Waals surface area contributed by atoms with Crippen LogP contribution in [-0.4, -0.2) is 62.6 Å². The number of aromatic amines is 1. The largest absolute Gasteiger partial charge is 0.480 e. The normalized spacial score (nSPS) is 14.0. The van der Waals surface area contributed by atoms with Crippen molar-refractivity contribution in [3.63, 3.8) is 0 Å². The molecule has 25 heavy (non-hydrogen) atoms. The molecule has 0 saturated heterocycles. The van der Waals surface area contributed by atoms with Gasteiger partial charge in [-0.15, -0.1) is 0 Å². The Morgan fingerprint density at radius 3 is 2.36 bits per heavy atom. The third-order valence-corrected chi connectivity index (χ3v) is 3.59. The molecule has 1 aromatic heterocycles. The van der Waals surface area contributed by atoms with Crippen LogP contribution in [0.25, 0.3) is 0 Å². The van der Waals surface area contributed by atoms with Crippen molar-refractivity contribution >= 4 is 36.3 Å². The number of rotatable bonds is 9. The number of hydrogen-bond acceptors (Lipinski definition) is 6. The summed E-state index contributed by atoms with van der Waals surface area (Å²) in [5, 5.41) is 16.4. The summed E-state index contributed by atoms with van der Waals surface area (Å²) in [4.78, 5) is 53.0. The van der Waals surface area contributed by atoms with E-state index in [2.05, 4.69) is 38.5 Å². The van der Waals surface area contributed by atoms with Gasteiger partial charge in [0.25, 0.3) is 0 Å². The molecule has 138 valence electrons. The van der Waals surface area contributed by atoms with Crippen LogP contribution in [-0.2, 0) is 25.6 Å². The first-order chi connectivity index (χ1) is 11.7. The maximum absolute atomic E-state index is 12.1. The Kier molecular flexibility index (Phi) is 7.92. The minimum absolute atomic E-state index is 0.0207. The Morgan fingerprint density at radius 1 is 1.20 bits per heavy atom. The number of imidazole rings is 1. The lowest BCUT2D eigenvalue weighted by Crippen LogP contribution is -2.55. The topological polar surface area (TPSA) is 153 Å². The lowest BCUT2D eigenvalue weighted by Gasteiger charge is -2.21. The number of aliphatic carboxylic acids is 1. The van der Waals surface area contributed by atoms with Gasteiger partial charge in [-0.3, -0.25) is 14.4 Å². The minimum atomic E-state index is -1.21. The van der Waals surface area contributed by atoms with Gasteiger partial charge in [0.05, 0.1) is 6.33 Å². The predicted molar refractivity (Wildman–Crippen MR) is 90.9 cm³/mol. The standard InChI is InChI=1S/C14H21N5O5S/c1-7(17-13(22)11(5-25)18-8(2)20)12(21)19-10(14(23)24)3-9-4-15-6-16-9/h4,6-7,10-11,25H,3,5H2,1-2H3,(H,15,16)(H,17,22)(H,18,20)(H,19,21)(H,23,24)/t7?,10?,11-/m0/s1. The molecule has 0 fully saturated rings. The zero-order valence-corrected chi connectivity index (χ0v) is 14.7. The zero-order chi connectivity index (χ0) is 19.0. The van der Waals surface area contributed by atoms with Crippen molar-refractivity contribution in [2.75, 3.05) is 5.75 Å². The van der Waals surface area contributed by atoms with Crippen LogP contribution < -0.4 is 16.0 Å². The third kappa shape index (κ3) is 6.83. The number of carboxylic acid groups (broad SMARTS) is 1. The fourth-order valence-corrected chi connectivity index (χ4v) is 2.19. The van der Waals surface area contributed by atoms with Gasteiger partial charge in [0.2, 0.25) is 17.7 Å². The first kappa shape index (κ1) is 20.5. The van der Waals surface area contributed by atoms with E-state index in [9.17, 15) is 24.3 Å². The van der Waals surface area contributed by atoms with Crippen LogP contribution in [0.5, 0.6) is 0 Å². The van der Waals surface area contributed by atoms with Crippen LogP contribution in [0.1, 0.15) is 19.5 Å². The molecule has 11 heteroatoms. The van der Waals surface area contributed by atoms with Crippen LogP contribution in [0, 0.1) is 0 Å². The highest BCUT2D eigenvalue weighted by atomic mass is 32.1. The van der Waals surface area contributed by atoms with E-state index in [-0.39, 0.29) is 12.2 Å². The second kappa shape index (κ2) is 9.67. The number of carboxylic acids is 1. The molecule has 10 nitrogen and oxygen atoms in total. The van der Waals surface area contributed by atoms with E-state index in [4.69, 9.17) is 0 Å². The van der Waals surface area contributed by atoms with Crippen LogP contribution in [0.4, 0.5) is 0 Å². The summed E-state index contributed by atoms with van der Waals surface area (Å²) in [7, 11) is 0. The third-order valence-electron chi connectivity index (χ3n) is 3.22. The summed E-state index contributed by atoms with van der Waals surface area (Å²) >= 11 is 3.97. The van der Waals surface area contributed by atoms with E-state index in [0.717, 1.165) is 0 Å². The second-order valence-corrected chi connectivity index (χ2v) is 5.71. The average molecular weight is 371 g/mol. The van der Waals surface area contributed by atoms with E-state index in [1.165, 1.54) is 26.4 Å². The average Bonchev–Trinajstić information content (AvgIpc) is 3.04. The van der Waals surface area contributed by atoms with Crippen molar-refractivity contribution in [3.8, 4) is 0 Å². The summed E-state index contributed by atoms with van der Waals surface area (Å²) in [6.45, 7) is 2.67. The maximum Gasteiger partial charge on any atom is 0.326 e. The summed E-state index contributed by atoms with van der Waals surface area (Å²) < 4.78 is 0. The summed E-state index contributed by atoms with van der Waals surface area (Å²) in [5.41, 5.74) is 0.546. The van der Waals surface area contributed by atoms with Gasteiger partial charge in [0.1, 0.15) is 18.1 Å². The number of carbonyl (C=O) groups excluding carboxylic acids is 3. The van der Waals surface area contributed by atoms with Crippen molar-refractivity contribution < 1.29 is 24.3 Å². The molecule has 1 heterocycles. The number of carbonyl (C=O) groups is 4. The smallest absolute Gasteiger partial charge is 0.326 e. The van der Waals surface area contributed by atoms with Gasteiger partial charge in [0, 0.05) is 31.0 Å². The molecule has 2 unspecified atom stereocenters. The van der Waals surface area contributed by atoms with E-state index in [1.807, 2.05) is 0 Å². The molecule has 0 aromatic carbocycles. The molecule has 0 radical (unpaired) electrons. The van der Waals surface area contributed by atoms with Gasteiger partial charge < -0.3 is 26.0 Å². The van der Waals surface area contributed by atoms with Crippen LogP contribution >= 0.6 is 12.6 Å². The molecule has 0 aliphatic carbocycles. The summed E-state index contributed by atoms with van der Waals surface area (Å²) in [6.07, 6.45) is 2.88. The van der Waals surface area contributed by atoms with E-state index >= 15 is 0 Å². The summed E-state index contributed by atoms with van der Waals surface area (Å²) in [6, 6.07) is -3.06. The number of hydrogen-bond donors (Lipinski definition) is 6. The quantitative estimate of drug-likeness (QED) is 0.289. The van der Waals surface area contributed by atoms with Gasteiger partial charge in [-0.2, -0.15) is 12.6 Å². The van der Waals surface area contributed by atoms with E-state index < -0.39 is 41.8 Å². The Bertz CT molecular complexity index is 621. The minimum Gasteiger partial charge on any atom is -0.480 e.